The second kappa shape index (κ2) is 16.3. The number of thioether (sulfide) groups is 1. The third-order valence-electron chi connectivity index (χ3n) is 4.81. The summed E-state index contributed by atoms with van der Waals surface area (Å²) >= 11 is 1.86. The van der Waals surface area contributed by atoms with Crippen molar-refractivity contribution in [3.8, 4) is 0 Å². The average molecular weight is 520 g/mol. The zero-order valence-electron chi connectivity index (χ0n) is 17.5. The van der Waals surface area contributed by atoms with E-state index in [-0.39, 0.29) is 24.0 Å². The van der Waals surface area contributed by atoms with Gasteiger partial charge in [-0.05, 0) is 38.1 Å². The number of hydrogen-bond donors (Lipinski definition) is 2. The number of guanidine groups is 1. The molecule has 1 fully saturated rings. The molecule has 2 rings (SSSR count). The Morgan fingerprint density at radius 1 is 1.04 bits per heavy atom. The first-order valence-corrected chi connectivity index (χ1v) is 11.7. The second-order valence-electron chi connectivity index (χ2n) is 6.99. The lowest BCUT2D eigenvalue weighted by Crippen LogP contribution is -2.46. The molecule has 160 valence electrons. The van der Waals surface area contributed by atoms with Crippen molar-refractivity contribution >= 4 is 41.7 Å². The highest BCUT2D eigenvalue weighted by molar-refractivity contribution is 14.0. The van der Waals surface area contributed by atoms with Crippen molar-refractivity contribution in [1.29, 1.82) is 0 Å². The summed E-state index contributed by atoms with van der Waals surface area (Å²) in [6.07, 6.45) is 4.52. The molecular weight excluding hydrogens is 481 g/mol. The van der Waals surface area contributed by atoms with Gasteiger partial charge in [-0.15, -0.1) is 24.0 Å². The normalized spacial score (nSPS) is 15.9. The summed E-state index contributed by atoms with van der Waals surface area (Å²) in [5, 5.41) is 6.71. The Morgan fingerprint density at radius 2 is 1.75 bits per heavy atom. The number of piperazine rings is 1. The molecule has 1 heterocycles. The van der Waals surface area contributed by atoms with Crippen molar-refractivity contribution in [2.24, 2.45) is 4.99 Å². The van der Waals surface area contributed by atoms with E-state index in [1.54, 1.807) is 0 Å². The van der Waals surface area contributed by atoms with Crippen LogP contribution in [-0.4, -0.2) is 80.1 Å². The van der Waals surface area contributed by atoms with Crippen molar-refractivity contribution < 1.29 is 0 Å². The summed E-state index contributed by atoms with van der Waals surface area (Å²) < 4.78 is 0. The SMILES string of the molecule is CCNC(=NCCCCN1CCN(Cc2ccccc2)CC1)NCCSC.I. The molecule has 0 aliphatic carbocycles. The van der Waals surface area contributed by atoms with Gasteiger partial charge in [0, 0.05) is 58.1 Å². The molecule has 28 heavy (non-hydrogen) atoms. The maximum atomic E-state index is 4.69. The number of hydrogen-bond acceptors (Lipinski definition) is 4. The Hall–Kier alpha value is -0.510. The molecule has 0 radical (unpaired) electrons. The highest BCUT2D eigenvalue weighted by Gasteiger charge is 2.16. The number of nitrogens with zero attached hydrogens (tertiary/aromatic N) is 3. The van der Waals surface area contributed by atoms with Crippen LogP contribution in [0.3, 0.4) is 0 Å². The summed E-state index contributed by atoms with van der Waals surface area (Å²) in [6, 6.07) is 10.8. The Balaban J connectivity index is 0.00000392. The van der Waals surface area contributed by atoms with E-state index in [2.05, 4.69) is 68.9 Å². The van der Waals surface area contributed by atoms with E-state index in [4.69, 9.17) is 0 Å². The van der Waals surface area contributed by atoms with E-state index in [9.17, 15) is 0 Å². The zero-order chi connectivity index (χ0) is 19.2. The first-order chi connectivity index (χ1) is 13.3. The van der Waals surface area contributed by atoms with E-state index in [1.165, 1.54) is 44.7 Å². The van der Waals surface area contributed by atoms with Crippen molar-refractivity contribution in [2.45, 2.75) is 26.3 Å². The Labute approximate surface area is 193 Å². The number of benzene rings is 1. The number of rotatable bonds is 11. The van der Waals surface area contributed by atoms with Gasteiger partial charge >= 0.3 is 0 Å². The van der Waals surface area contributed by atoms with E-state index in [0.717, 1.165) is 44.3 Å². The molecule has 1 aromatic rings. The highest BCUT2D eigenvalue weighted by atomic mass is 127. The lowest BCUT2D eigenvalue weighted by Gasteiger charge is -2.34. The predicted molar refractivity (Wildman–Crippen MR) is 135 cm³/mol. The number of unbranched alkanes of at least 4 members (excludes halogenated alkanes) is 1. The minimum Gasteiger partial charge on any atom is -0.357 e. The molecule has 0 unspecified atom stereocenters. The fourth-order valence-corrected chi connectivity index (χ4v) is 3.57. The lowest BCUT2D eigenvalue weighted by atomic mass is 10.2. The van der Waals surface area contributed by atoms with Crippen LogP contribution in [0.5, 0.6) is 0 Å². The van der Waals surface area contributed by atoms with Crippen LogP contribution in [0.25, 0.3) is 0 Å². The van der Waals surface area contributed by atoms with Gasteiger partial charge < -0.3 is 15.5 Å². The first kappa shape index (κ1) is 25.5. The minimum atomic E-state index is 0. The molecule has 1 aromatic carbocycles. The van der Waals surface area contributed by atoms with Gasteiger partial charge in [0.25, 0.3) is 0 Å². The Bertz CT molecular complexity index is 521. The van der Waals surface area contributed by atoms with Gasteiger partial charge in [-0.2, -0.15) is 11.8 Å². The number of halogens is 1. The van der Waals surface area contributed by atoms with Gasteiger partial charge in [0.15, 0.2) is 5.96 Å². The fraction of sp³-hybridized carbons (Fsp3) is 0.667. The maximum absolute atomic E-state index is 4.69. The van der Waals surface area contributed by atoms with Crippen LogP contribution in [0, 0.1) is 0 Å². The molecule has 0 bridgehead atoms. The van der Waals surface area contributed by atoms with Crippen LogP contribution in [0.2, 0.25) is 0 Å². The van der Waals surface area contributed by atoms with Crippen molar-refractivity contribution in [1.82, 2.24) is 20.4 Å². The summed E-state index contributed by atoms with van der Waals surface area (Å²) in [6.45, 7) is 11.9. The first-order valence-electron chi connectivity index (χ1n) is 10.3. The minimum absolute atomic E-state index is 0. The Kier molecular flexibility index (Phi) is 14.9. The van der Waals surface area contributed by atoms with Crippen LogP contribution in [0.1, 0.15) is 25.3 Å². The monoisotopic (exact) mass is 519 g/mol. The molecule has 1 saturated heterocycles. The number of nitrogens with one attached hydrogen (secondary N) is 2. The van der Waals surface area contributed by atoms with Gasteiger partial charge in [-0.3, -0.25) is 9.89 Å². The quantitative estimate of drug-likeness (QED) is 0.204. The van der Waals surface area contributed by atoms with E-state index in [1.807, 2.05) is 11.8 Å². The molecule has 0 saturated carbocycles. The molecule has 0 atom stereocenters. The summed E-state index contributed by atoms with van der Waals surface area (Å²) in [4.78, 5) is 9.86. The standard InChI is InChI=1S/C21H37N5S.HI/c1-3-22-21(24-12-18-27-2)23-11-7-8-13-25-14-16-26(17-15-25)19-20-9-5-4-6-10-20;/h4-6,9-10H,3,7-8,11-19H2,1-2H3,(H2,22,23,24);1H. The summed E-state index contributed by atoms with van der Waals surface area (Å²) in [5.41, 5.74) is 1.42. The van der Waals surface area contributed by atoms with Crippen LogP contribution < -0.4 is 10.6 Å². The lowest BCUT2D eigenvalue weighted by molar-refractivity contribution is 0.126. The molecule has 5 nitrogen and oxygen atoms in total. The number of aliphatic imine (C=N–C) groups is 1. The van der Waals surface area contributed by atoms with Crippen LogP contribution in [0.4, 0.5) is 0 Å². The Morgan fingerprint density at radius 3 is 2.43 bits per heavy atom. The molecule has 0 amide bonds. The largest absolute Gasteiger partial charge is 0.357 e. The molecule has 0 spiro atoms. The maximum Gasteiger partial charge on any atom is 0.191 e. The zero-order valence-corrected chi connectivity index (χ0v) is 20.7. The second-order valence-corrected chi connectivity index (χ2v) is 7.98. The van der Waals surface area contributed by atoms with E-state index in [0.29, 0.717) is 0 Å². The third kappa shape index (κ3) is 10.9. The van der Waals surface area contributed by atoms with Gasteiger partial charge in [0.05, 0.1) is 0 Å². The van der Waals surface area contributed by atoms with Gasteiger partial charge in [-0.1, -0.05) is 30.3 Å². The predicted octanol–water partition coefficient (Wildman–Crippen LogP) is 3.12. The van der Waals surface area contributed by atoms with E-state index < -0.39 is 0 Å². The highest BCUT2D eigenvalue weighted by Crippen LogP contribution is 2.09. The van der Waals surface area contributed by atoms with Crippen LogP contribution >= 0.6 is 35.7 Å². The topological polar surface area (TPSA) is 42.9 Å². The third-order valence-corrected chi connectivity index (χ3v) is 5.42. The molecule has 1 aliphatic heterocycles. The fourth-order valence-electron chi connectivity index (χ4n) is 3.26. The van der Waals surface area contributed by atoms with Crippen molar-refractivity contribution in [3.05, 3.63) is 35.9 Å². The molecule has 7 heteroatoms. The van der Waals surface area contributed by atoms with Gasteiger partial charge in [-0.25, -0.2) is 0 Å². The smallest absolute Gasteiger partial charge is 0.191 e. The van der Waals surface area contributed by atoms with Gasteiger partial charge in [0.2, 0.25) is 0 Å². The van der Waals surface area contributed by atoms with Crippen LogP contribution in [0.15, 0.2) is 35.3 Å². The van der Waals surface area contributed by atoms with Crippen LogP contribution in [-0.2, 0) is 6.54 Å². The summed E-state index contributed by atoms with van der Waals surface area (Å²) in [7, 11) is 0. The molecule has 0 aromatic heterocycles. The van der Waals surface area contributed by atoms with Gasteiger partial charge in [0.1, 0.15) is 0 Å². The van der Waals surface area contributed by atoms with Crippen molar-refractivity contribution in [3.63, 3.8) is 0 Å². The molecular formula is C21H38IN5S. The molecule has 1 aliphatic rings. The molecule has 2 N–H and O–H groups in total. The van der Waals surface area contributed by atoms with Crippen molar-refractivity contribution in [2.75, 3.05) is 64.4 Å². The summed E-state index contributed by atoms with van der Waals surface area (Å²) in [5.74, 6) is 2.07. The average Bonchev–Trinajstić information content (AvgIpc) is 2.70. The van der Waals surface area contributed by atoms with E-state index >= 15 is 0 Å².